The molecular weight excluding hydrogens is 521 g/mol. The summed E-state index contributed by atoms with van der Waals surface area (Å²) in [4.78, 5) is 21.0. The van der Waals surface area contributed by atoms with Crippen LogP contribution in [0.2, 0.25) is 0 Å². The Morgan fingerprint density at radius 3 is 2.75 bits per heavy atom. The van der Waals surface area contributed by atoms with Gasteiger partial charge in [0.15, 0.2) is 5.96 Å². The summed E-state index contributed by atoms with van der Waals surface area (Å²) in [6, 6.07) is 0.367. The second-order valence-electron chi connectivity index (χ2n) is 9.29. The van der Waals surface area contributed by atoms with Crippen LogP contribution in [0.1, 0.15) is 53.9 Å². The molecule has 2 atom stereocenters. The Kier molecular flexibility index (Phi) is 11.6. The maximum Gasteiger partial charge on any atom is 0.410 e. The predicted molar refractivity (Wildman–Crippen MR) is 141 cm³/mol. The fourth-order valence-electron chi connectivity index (χ4n) is 3.49. The molecule has 2 N–H and O–H groups in total. The van der Waals surface area contributed by atoms with Crippen molar-refractivity contribution < 1.29 is 9.53 Å². The number of aryl methyl sites for hydroxylation is 1. The maximum atomic E-state index is 12.2. The summed E-state index contributed by atoms with van der Waals surface area (Å²) in [5.41, 5.74) is 0.671. The predicted octanol–water partition coefficient (Wildman–Crippen LogP) is 3.21. The summed E-state index contributed by atoms with van der Waals surface area (Å²) < 4.78 is 7.29. The molecule has 0 radical (unpaired) electrons. The fraction of sp³-hybridized carbons (Fsp3) is 0.773. The highest BCUT2D eigenvalue weighted by Crippen LogP contribution is 2.19. The molecular formula is C22H42IN7O2. The molecule has 2 rings (SSSR count). The third kappa shape index (κ3) is 9.41. The van der Waals surface area contributed by atoms with Gasteiger partial charge in [-0.15, -0.1) is 24.0 Å². The number of amides is 1. The molecule has 10 heteroatoms. The van der Waals surface area contributed by atoms with E-state index in [0.29, 0.717) is 12.6 Å². The van der Waals surface area contributed by atoms with Gasteiger partial charge in [-0.3, -0.25) is 9.67 Å². The Bertz CT molecular complexity index is 732. The SMILES string of the molecule is CCNC(=NCCC(C)N(C)C(=O)OC(C)(C)C)NC1CCCN(c2cnn(C)c2)C1.I. The van der Waals surface area contributed by atoms with Gasteiger partial charge in [-0.2, -0.15) is 5.10 Å². The van der Waals surface area contributed by atoms with Gasteiger partial charge in [0.1, 0.15) is 5.60 Å². The van der Waals surface area contributed by atoms with Crippen LogP contribution in [0.4, 0.5) is 10.5 Å². The van der Waals surface area contributed by atoms with Crippen molar-refractivity contribution in [3.8, 4) is 0 Å². The zero-order valence-corrected chi connectivity index (χ0v) is 23.1. The second-order valence-corrected chi connectivity index (χ2v) is 9.29. The average Bonchev–Trinajstić information content (AvgIpc) is 3.12. The summed E-state index contributed by atoms with van der Waals surface area (Å²) in [6.45, 7) is 13.1. The normalized spacial score (nSPS) is 17.9. The number of piperidine rings is 1. The van der Waals surface area contributed by atoms with Crippen LogP contribution in [0.15, 0.2) is 17.4 Å². The molecule has 1 saturated heterocycles. The molecule has 1 aromatic heterocycles. The number of ether oxygens (including phenoxy) is 1. The van der Waals surface area contributed by atoms with Crippen LogP contribution >= 0.6 is 24.0 Å². The van der Waals surface area contributed by atoms with E-state index in [1.54, 1.807) is 11.9 Å². The van der Waals surface area contributed by atoms with Crippen LogP contribution in [0, 0.1) is 0 Å². The van der Waals surface area contributed by atoms with Gasteiger partial charge in [-0.25, -0.2) is 4.79 Å². The molecule has 1 fully saturated rings. The molecule has 1 aliphatic heterocycles. The van der Waals surface area contributed by atoms with Crippen molar-refractivity contribution in [2.24, 2.45) is 12.0 Å². The molecule has 0 bridgehead atoms. The van der Waals surface area contributed by atoms with Crippen LogP contribution in [0.5, 0.6) is 0 Å². The van der Waals surface area contributed by atoms with Crippen molar-refractivity contribution in [3.63, 3.8) is 0 Å². The Hall–Kier alpha value is -1.72. The van der Waals surface area contributed by atoms with E-state index in [0.717, 1.165) is 50.5 Å². The van der Waals surface area contributed by atoms with Crippen LogP contribution in [-0.4, -0.2) is 77.6 Å². The molecule has 32 heavy (non-hydrogen) atoms. The van der Waals surface area contributed by atoms with Crippen molar-refractivity contribution in [2.75, 3.05) is 38.1 Å². The number of anilines is 1. The summed E-state index contributed by atoms with van der Waals surface area (Å²) >= 11 is 0. The van der Waals surface area contributed by atoms with Crippen LogP contribution in [0.25, 0.3) is 0 Å². The number of guanidine groups is 1. The van der Waals surface area contributed by atoms with E-state index in [2.05, 4.69) is 33.8 Å². The molecule has 1 aromatic rings. The molecule has 0 aromatic carbocycles. The number of aliphatic imine (C=N–C) groups is 1. The summed E-state index contributed by atoms with van der Waals surface area (Å²) in [5, 5.41) is 11.2. The number of hydrogen-bond donors (Lipinski definition) is 2. The van der Waals surface area contributed by atoms with Gasteiger partial charge < -0.3 is 25.2 Å². The van der Waals surface area contributed by atoms with E-state index in [-0.39, 0.29) is 36.1 Å². The highest BCUT2D eigenvalue weighted by atomic mass is 127. The molecule has 1 aliphatic rings. The zero-order chi connectivity index (χ0) is 23.0. The van der Waals surface area contributed by atoms with Crippen molar-refractivity contribution in [1.82, 2.24) is 25.3 Å². The smallest absolute Gasteiger partial charge is 0.410 e. The van der Waals surface area contributed by atoms with E-state index < -0.39 is 5.60 Å². The first kappa shape index (κ1) is 28.3. The summed E-state index contributed by atoms with van der Waals surface area (Å²) in [6.07, 6.45) is 6.68. The number of halogens is 1. The lowest BCUT2D eigenvalue weighted by Gasteiger charge is -2.34. The molecule has 0 spiro atoms. The molecule has 0 aliphatic carbocycles. The lowest BCUT2D eigenvalue weighted by atomic mass is 10.1. The van der Waals surface area contributed by atoms with Gasteiger partial charge in [-0.1, -0.05) is 0 Å². The minimum Gasteiger partial charge on any atom is -0.444 e. The quantitative estimate of drug-likeness (QED) is 0.301. The maximum absolute atomic E-state index is 12.2. The highest BCUT2D eigenvalue weighted by molar-refractivity contribution is 14.0. The fourth-order valence-corrected chi connectivity index (χ4v) is 3.49. The Morgan fingerprint density at radius 1 is 1.44 bits per heavy atom. The van der Waals surface area contributed by atoms with Gasteiger partial charge in [0, 0.05) is 58.6 Å². The minimum absolute atomic E-state index is 0. The lowest BCUT2D eigenvalue weighted by molar-refractivity contribution is 0.0231. The molecule has 0 saturated carbocycles. The molecule has 9 nitrogen and oxygen atoms in total. The van der Waals surface area contributed by atoms with Crippen molar-refractivity contribution in [3.05, 3.63) is 12.4 Å². The first-order chi connectivity index (χ1) is 14.6. The second kappa shape index (κ2) is 13.1. The van der Waals surface area contributed by atoms with Crippen LogP contribution in [0.3, 0.4) is 0 Å². The number of carbonyl (C=O) groups excluding carboxylic acids is 1. The first-order valence-corrected chi connectivity index (χ1v) is 11.3. The van der Waals surface area contributed by atoms with Crippen LogP contribution in [-0.2, 0) is 11.8 Å². The topological polar surface area (TPSA) is 87.0 Å². The van der Waals surface area contributed by atoms with E-state index in [1.165, 1.54) is 0 Å². The highest BCUT2D eigenvalue weighted by Gasteiger charge is 2.23. The first-order valence-electron chi connectivity index (χ1n) is 11.3. The third-order valence-corrected chi connectivity index (χ3v) is 5.32. The Balaban J connectivity index is 0.00000512. The Morgan fingerprint density at radius 2 is 2.16 bits per heavy atom. The lowest BCUT2D eigenvalue weighted by Crippen LogP contribution is -2.51. The van der Waals surface area contributed by atoms with Crippen molar-refractivity contribution in [2.45, 2.75) is 71.6 Å². The number of hydrogen-bond acceptors (Lipinski definition) is 5. The van der Waals surface area contributed by atoms with Crippen molar-refractivity contribution in [1.29, 1.82) is 0 Å². The summed E-state index contributed by atoms with van der Waals surface area (Å²) in [5.74, 6) is 0.827. The number of nitrogens with zero attached hydrogens (tertiary/aromatic N) is 5. The monoisotopic (exact) mass is 563 g/mol. The van der Waals surface area contributed by atoms with Gasteiger partial charge in [0.05, 0.1) is 11.9 Å². The molecule has 184 valence electrons. The van der Waals surface area contributed by atoms with E-state index in [9.17, 15) is 4.79 Å². The molecule has 1 amide bonds. The zero-order valence-electron chi connectivity index (χ0n) is 20.7. The number of nitrogens with one attached hydrogen (secondary N) is 2. The number of rotatable bonds is 7. The standard InChI is InChI=1S/C22H41N7O2.HI/c1-8-23-20(24-12-11-17(2)28(7)21(30)31-22(3,4)5)26-18-10-9-13-29(15-18)19-14-25-27(6)16-19;/h14,16-18H,8-13,15H2,1-7H3,(H2,23,24,26);1H. The summed E-state index contributed by atoms with van der Waals surface area (Å²) in [7, 11) is 3.72. The minimum atomic E-state index is -0.491. The largest absolute Gasteiger partial charge is 0.444 e. The Labute approximate surface area is 210 Å². The van der Waals surface area contributed by atoms with Gasteiger partial charge in [-0.05, 0) is 53.9 Å². The molecule has 2 heterocycles. The van der Waals surface area contributed by atoms with Gasteiger partial charge in [0.2, 0.25) is 0 Å². The van der Waals surface area contributed by atoms with Gasteiger partial charge >= 0.3 is 6.09 Å². The van der Waals surface area contributed by atoms with Gasteiger partial charge in [0.25, 0.3) is 0 Å². The van der Waals surface area contributed by atoms with Crippen molar-refractivity contribution >= 4 is 41.7 Å². The third-order valence-electron chi connectivity index (χ3n) is 5.32. The van der Waals surface area contributed by atoms with E-state index in [1.807, 2.05) is 45.6 Å². The molecule has 2 unspecified atom stereocenters. The average molecular weight is 564 g/mol. The van der Waals surface area contributed by atoms with E-state index >= 15 is 0 Å². The number of aromatic nitrogens is 2. The van der Waals surface area contributed by atoms with E-state index in [4.69, 9.17) is 9.73 Å². The number of carbonyl (C=O) groups is 1. The van der Waals surface area contributed by atoms with Crippen LogP contribution < -0.4 is 15.5 Å².